The zero-order valence-electron chi connectivity index (χ0n) is 13.4. The first kappa shape index (κ1) is 16.6. The number of hydrogen-bond acceptors (Lipinski definition) is 7. The zero-order valence-corrected chi connectivity index (χ0v) is 15.0. The molecule has 7 nitrogen and oxygen atoms in total. The minimum absolute atomic E-state index is 0.0179. The Morgan fingerprint density at radius 1 is 1.08 bits per heavy atom. The Hall–Kier alpha value is -2.84. The van der Waals surface area contributed by atoms with Gasteiger partial charge in [0.2, 0.25) is 5.89 Å². The normalized spacial score (nSPS) is 11.9. The van der Waals surface area contributed by atoms with Gasteiger partial charge in [-0.25, -0.2) is 8.42 Å². The van der Waals surface area contributed by atoms with Gasteiger partial charge in [-0.05, 0) is 35.9 Å². The Labute approximate surface area is 153 Å². The lowest BCUT2D eigenvalue weighted by Crippen LogP contribution is -1.97. The number of nitrogens with two attached hydrogens (primary N) is 1. The number of halogens is 1. The molecule has 4 aromatic rings. The molecule has 0 amide bonds. The van der Waals surface area contributed by atoms with Crippen LogP contribution in [0.15, 0.2) is 56.4 Å². The third-order valence-electron chi connectivity index (χ3n) is 3.90. The smallest absolute Gasteiger partial charge is 0.313 e. The van der Waals surface area contributed by atoms with Crippen LogP contribution in [-0.2, 0) is 9.84 Å². The average Bonchev–Trinajstić information content (AvgIpc) is 3.19. The van der Waals surface area contributed by atoms with Crippen molar-refractivity contribution in [2.24, 2.45) is 0 Å². The van der Waals surface area contributed by atoms with Crippen molar-refractivity contribution in [2.75, 3.05) is 12.0 Å². The van der Waals surface area contributed by atoms with E-state index in [0.29, 0.717) is 17.0 Å². The van der Waals surface area contributed by atoms with Crippen LogP contribution < -0.4 is 5.73 Å². The second-order valence-electron chi connectivity index (χ2n) is 5.72. The third-order valence-corrected chi connectivity index (χ3v) is 5.48. The fourth-order valence-corrected chi connectivity index (χ4v) is 4.04. The van der Waals surface area contributed by atoms with E-state index in [2.05, 4.69) is 10.2 Å². The van der Waals surface area contributed by atoms with E-state index < -0.39 is 9.84 Å². The Bertz CT molecular complexity index is 1240. The number of furan rings is 1. The second kappa shape index (κ2) is 5.86. The summed E-state index contributed by atoms with van der Waals surface area (Å²) in [6.07, 6.45) is 2.70. The highest BCUT2D eigenvalue weighted by molar-refractivity contribution is 7.90. The maximum atomic E-state index is 11.7. The Morgan fingerprint density at radius 3 is 2.50 bits per heavy atom. The van der Waals surface area contributed by atoms with E-state index in [4.69, 9.17) is 26.2 Å². The van der Waals surface area contributed by atoms with Crippen molar-refractivity contribution in [3.63, 3.8) is 0 Å². The molecule has 26 heavy (non-hydrogen) atoms. The SMILES string of the molecule is CS(=O)(=O)c1ccc(-c2coc3ccc(-c4nnc(N)o4)cc23)cc1Cl. The summed E-state index contributed by atoms with van der Waals surface area (Å²) in [6, 6.07) is 10.1. The molecule has 2 aromatic heterocycles. The van der Waals surface area contributed by atoms with Gasteiger partial charge in [0.15, 0.2) is 9.84 Å². The molecule has 4 rings (SSSR count). The van der Waals surface area contributed by atoms with Crippen molar-refractivity contribution in [1.29, 1.82) is 0 Å². The fourth-order valence-electron chi connectivity index (χ4n) is 2.71. The zero-order chi connectivity index (χ0) is 18.5. The first-order valence-corrected chi connectivity index (χ1v) is 9.70. The summed E-state index contributed by atoms with van der Waals surface area (Å²) in [4.78, 5) is 0.0812. The van der Waals surface area contributed by atoms with Gasteiger partial charge in [0, 0.05) is 22.8 Å². The van der Waals surface area contributed by atoms with Crippen molar-refractivity contribution in [3.05, 3.63) is 47.7 Å². The minimum Gasteiger partial charge on any atom is -0.464 e. The number of rotatable bonds is 3. The summed E-state index contributed by atoms with van der Waals surface area (Å²) in [5, 5.41) is 8.47. The van der Waals surface area contributed by atoms with E-state index in [0.717, 1.165) is 22.8 Å². The molecule has 0 saturated heterocycles. The van der Waals surface area contributed by atoms with Gasteiger partial charge in [0.1, 0.15) is 5.58 Å². The molecule has 0 spiro atoms. The van der Waals surface area contributed by atoms with E-state index >= 15 is 0 Å². The third kappa shape index (κ3) is 2.83. The molecule has 0 bridgehead atoms. The van der Waals surface area contributed by atoms with E-state index in [1.165, 1.54) is 6.07 Å². The number of hydrogen-bond donors (Lipinski definition) is 1. The van der Waals surface area contributed by atoms with Crippen LogP contribution in [0.5, 0.6) is 0 Å². The lowest BCUT2D eigenvalue weighted by Gasteiger charge is -2.05. The maximum absolute atomic E-state index is 11.7. The molecular formula is C17H12ClN3O4S. The second-order valence-corrected chi connectivity index (χ2v) is 8.11. The molecule has 2 N–H and O–H groups in total. The first-order valence-electron chi connectivity index (χ1n) is 7.43. The topological polar surface area (TPSA) is 112 Å². The van der Waals surface area contributed by atoms with Crippen LogP contribution in [0, 0.1) is 0 Å². The lowest BCUT2D eigenvalue weighted by molar-refractivity contribution is 0.590. The number of benzene rings is 2. The van der Waals surface area contributed by atoms with Gasteiger partial charge in [0.05, 0.1) is 16.2 Å². The van der Waals surface area contributed by atoms with Gasteiger partial charge in [-0.1, -0.05) is 22.8 Å². The lowest BCUT2D eigenvalue weighted by atomic mass is 10.0. The average molecular weight is 390 g/mol. The number of nitrogens with zero attached hydrogens (tertiary/aromatic N) is 2. The van der Waals surface area contributed by atoms with Crippen molar-refractivity contribution in [3.8, 4) is 22.6 Å². The monoisotopic (exact) mass is 389 g/mol. The van der Waals surface area contributed by atoms with E-state index in [1.54, 1.807) is 30.5 Å². The highest BCUT2D eigenvalue weighted by Crippen LogP contribution is 2.36. The summed E-state index contributed by atoms with van der Waals surface area (Å²) in [5.41, 5.74) is 8.29. The molecular weight excluding hydrogens is 378 g/mol. The summed E-state index contributed by atoms with van der Waals surface area (Å²) >= 11 is 6.16. The number of fused-ring (bicyclic) bond motifs is 1. The molecule has 0 radical (unpaired) electrons. The predicted molar refractivity (Wildman–Crippen MR) is 97.5 cm³/mol. The van der Waals surface area contributed by atoms with Crippen LogP contribution in [0.4, 0.5) is 6.01 Å². The molecule has 0 saturated carbocycles. The van der Waals surface area contributed by atoms with Crippen molar-refractivity contribution in [2.45, 2.75) is 4.90 Å². The molecule has 9 heteroatoms. The molecule has 0 aliphatic heterocycles. The molecule has 0 unspecified atom stereocenters. The summed E-state index contributed by atoms with van der Waals surface area (Å²) in [5.74, 6) is 0.294. The molecule has 0 aliphatic carbocycles. The Balaban J connectivity index is 1.86. The number of sulfone groups is 1. The molecule has 2 aromatic carbocycles. The van der Waals surface area contributed by atoms with Crippen molar-refractivity contribution in [1.82, 2.24) is 10.2 Å². The maximum Gasteiger partial charge on any atom is 0.313 e. The van der Waals surface area contributed by atoms with Crippen LogP contribution in [0.25, 0.3) is 33.6 Å². The highest BCUT2D eigenvalue weighted by atomic mass is 35.5. The molecule has 0 atom stereocenters. The van der Waals surface area contributed by atoms with E-state index in [1.807, 2.05) is 6.07 Å². The number of nitrogen functional groups attached to an aromatic ring is 1. The molecule has 2 heterocycles. The van der Waals surface area contributed by atoms with Crippen LogP contribution in [0.2, 0.25) is 5.02 Å². The van der Waals surface area contributed by atoms with Gasteiger partial charge in [-0.2, -0.15) is 0 Å². The van der Waals surface area contributed by atoms with Crippen LogP contribution in [-0.4, -0.2) is 24.9 Å². The van der Waals surface area contributed by atoms with Gasteiger partial charge >= 0.3 is 6.01 Å². The largest absolute Gasteiger partial charge is 0.464 e. The molecule has 0 fully saturated rings. The molecule has 132 valence electrons. The van der Waals surface area contributed by atoms with Crippen molar-refractivity contribution < 1.29 is 17.3 Å². The van der Waals surface area contributed by atoms with Gasteiger partial charge in [0.25, 0.3) is 0 Å². The summed E-state index contributed by atoms with van der Waals surface area (Å²) in [6.45, 7) is 0. The predicted octanol–water partition coefficient (Wildman–Crippen LogP) is 3.79. The highest BCUT2D eigenvalue weighted by Gasteiger charge is 2.16. The fraction of sp³-hybridized carbons (Fsp3) is 0.0588. The Morgan fingerprint density at radius 2 is 1.85 bits per heavy atom. The van der Waals surface area contributed by atoms with Crippen molar-refractivity contribution >= 4 is 38.4 Å². The van der Waals surface area contributed by atoms with Crippen LogP contribution >= 0.6 is 11.6 Å². The van der Waals surface area contributed by atoms with Crippen LogP contribution in [0.1, 0.15) is 0 Å². The van der Waals surface area contributed by atoms with Gasteiger partial charge in [-0.3, -0.25) is 0 Å². The quantitative estimate of drug-likeness (QED) is 0.567. The number of aromatic nitrogens is 2. The van der Waals surface area contributed by atoms with Gasteiger partial charge < -0.3 is 14.6 Å². The van der Waals surface area contributed by atoms with E-state index in [9.17, 15) is 8.42 Å². The van der Waals surface area contributed by atoms with Crippen LogP contribution in [0.3, 0.4) is 0 Å². The minimum atomic E-state index is -3.40. The van der Waals surface area contributed by atoms with Gasteiger partial charge in [-0.15, -0.1) is 5.10 Å². The molecule has 0 aliphatic rings. The standard InChI is InChI=1S/C17H12ClN3O4S/c1-26(22,23)15-5-3-9(7-13(15)18)12-8-24-14-4-2-10(6-11(12)14)16-20-21-17(19)25-16/h2-8H,1H3,(H2,19,21). The first-order chi connectivity index (χ1) is 12.3. The summed E-state index contributed by atoms with van der Waals surface area (Å²) < 4.78 is 34.3. The Kier molecular flexibility index (Phi) is 3.74. The summed E-state index contributed by atoms with van der Waals surface area (Å²) in [7, 11) is -3.40. The van der Waals surface area contributed by atoms with E-state index in [-0.39, 0.29) is 15.9 Å². The number of anilines is 1.